The number of rotatable bonds is 7. The fourth-order valence-corrected chi connectivity index (χ4v) is 5.05. The van der Waals surface area contributed by atoms with Crippen molar-refractivity contribution in [2.75, 3.05) is 18.9 Å². The molecule has 0 bridgehead atoms. The van der Waals surface area contributed by atoms with Gasteiger partial charge in [-0.25, -0.2) is 24.5 Å². The molecule has 1 spiro atoms. The summed E-state index contributed by atoms with van der Waals surface area (Å²) in [7, 11) is 1.52. The van der Waals surface area contributed by atoms with Gasteiger partial charge < -0.3 is 20.3 Å². The van der Waals surface area contributed by atoms with Crippen molar-refractivity contribution >= 4 is 29.6 Å². The third-order valence-electron chi connectivity index (χ3n) is 7.22. The average molecular weight is 493 g/mol. The topological polar surface area (TPSA) is 134 Å². The van der Waals surface area contributed by atoms with Crippen molar-refractivity contribution in [1.82, 2.24) is 25.1 Å². The van der Waals surface area contributed by atoms with Gasteiger partial charge >= 0.3 is 12.1 Å². The molecule has 2 atom stereocenters. The molecule has 1 aromatic carbocycles. The summed E-state index contributed by atoms with van der Waals surface area (Å²) >= 11 is 0. The molecular formula is C25H28N6O5. The molecule has 5 amide bonds. The number of nitrogens with zero attached hydrogens (tertiary/aromatic N) is 4. The van der Waals surface area contributed by atoms with E-state index in [0.29, 0.717) is 30.1 Å². The molecule has 1 unspecified atom stereocenters. The SMILES string of the molecule is CNC(=O)Nc1ccc2c(c1)CC[C@@]21OC(=O)N(CC(=O)N(Cc2cncnc2)C(C)C2CC2)C1=O. The first kappa shape index (κ1) is 23.7. The van der Waals surface area contributed by atoms with E-state index in [1.54, 1.807) is 35.5 Å². The van der Waals surface area contributed by atoms with E-state index in [1.807, 2.05) is 6.92 Å². The van der Waals surface area contributed by atoms with Crippen LogP contribution in [0, 0.1) is 5.92 Å². The monoisotopic (exact) mass is 492 g/mol. The number of hydrogen-bond donors (Lipinski definition) is 2. The van der Waals surface area contributed by atoms with E-state index in [9.17, 15) is 19.2 Å². The van der Waals surface area contributed by atoms with Crippen molar-refractivity contribution < 1.29 is 23.9 Å². The lowest BCUT2D eigenvalue weighted by Gasteiger charge is -2.30. The number of fused-ring (bicyclic) bond motifs is 2. The fourth-order valence-electron chi connectivity index (χ4n) is 5.05. The van der Waals surface area contributed by atoms with Gasteiger partial charge in [0.2, 0.25) is 11.5 Å². The van der Waals surface area contributed by atoms with Crippen LogP contribution in [0.2, 0.25) is 0 Å². The highest BCUT2D eigenvalue weighted by Crippen LogP contribution is 2.46. The Morgan fingerprint density at radius 2 is 2.00 bits per heavy atom. The predicted octanol–water partition coefficient (Wildman–Crippen LogP) is 2.18. The normalized spacial score (nSPS) is 21.2. The molecule has 1 saturated carbocycles. The minimum absolute atomic E-state index is 0.0427. The molecule has 3 aliphatic rings. The summed E-state index contributed by atoms with van der Waals surface area (Å²) < 4.78 is 5.67. The van der Waals surface area contributed by atoms with Crippen molar-refractivity contribution in [3.05, 3.63) is 53.6 Å². The summed E-state index contributed by atoms with van der Waals surface area (Å²) in [5.74, 6) is -0.469. The maximum atomic E-state index is 13.6. The standard InChI is InChI=1S/C25H28N6O5/c1-15(17-3-4-17)30(12-16-10-27-14-28-11-16)21(32)13-31-22(33)25(36-24(31)35)8-7-18-9-19(5-6-20(18)25)29-23(34)26-2/h5-6,9-11,14-15,17H,3-4,7-8,12-13H2,1-2H3,(H2,26,29,34)/t15?,25-/m1/s1. The number of ether oxygens (including phenoxy) is 1. The lowest BCUT2D eigenvalue weighted by Crippen LogP contribution is -2.47. The van der Waals surface area contributed by atoms with Crippen LogP contribution in [0.1, 0.15) is 42.9 Å². The van der Waals surface area contributed by atoms with Gasteiger partial charge in [-0.3, -0.25) is 9.59 Å². The number of aromatic nitrogens is 2. The number of hydrogen-bond acceptors (Lipinski definition) is 7. The van der Waals surface area contributed by atoms with E-state index < -0.39 is 24.1 Å². The van der Waals surface area contributed by atoms with Gasteiger partial charge in [-0.05, 0) is 49.8 Å². The highest BCUT2D eigenvalue weighted by Gasteiger charge is 2.58. The largest absolute Gasteiger partial charge is 0.427 e. The number of carbonyl (C=O) groups is 4. The van der Waals surface area contributed by atoms with E-state index in [0.717, 1.165) is 28.9 Å². The second kappa shape index (κ2) is 9.21. The maximum Gasteiger partial charge on any atom is 0.418 e. The van der Waals surface area contributed by atoms with Crippen LogP contribution in [0.15, 0.2) is 36.9 Å². The lowest BCUT2D eigenvalue weighted by atomic mass is 9.94. The molecule has 11 heteroatoms. The quantitative estimate of drug-likeness (QED) is 0.605. The number of anilines is 1. The summed E-state index contributed by atoms with van der Waals surface area (Å²) in [4.78, 5) is 62.2. The van der Waals surface area contributed by atoms with Gasteiger partial charge in [0.25, 0.3) is 5.91 Å². The zero-order chi connectivity index (χ0) is 25.4. The Kier molecular flexibility index (Phi) is 6.07. The molecule has 11 nitrogen and oxygen atoms in total. The first-order valence-corrected chi connectivity index (χ1v) is 12.0. The van der Waals surface area contributed by atoms with Crippen LogP contribution < -0.4 is 10.6 Å². The van der Waals surface area contributed by atoms with Crippen molar-refractivity contribution in [3.8, 4) is 0 Å². The third kappa shape index (κ3) is 4.25. The van der Waals surface area contributed by atoms with Gasteiger partial charge in [0, 0.05) is 55.3 Å². The van der Waals surface area contributed by atoms with Crippen LogP contribution in [0.4, 0.5) is 15.3 Å². The molecule has 36 heavy (non-hydrogen) atoms. The molecule has 1 aromatic heterocycles. The Balaban J connectivity index is 1.35. The third-order valence-corrected chi connectivity index (χ3v) is 7.22. The van der Waals surface area contributed by atoms with Crippen LogP contribution in [-0.2, 0) is 32.9 Å². The summed E-state index contributed by atoms with van der Waals surface area (Å²) in [6.07, 6.45) is 6.77. The fraction of sp³-hybridized carbons (Fsp3) is 0.440. The highest BCUT2D eigenvalue weighted by molar-refractivity contribution is 6.06. The van der Waals surface area contributed by atoms with Gasteiger partial charge in [-0.15, -0.1) is 0 Å². The number of urea groups is 1. The molecule has 0 radical (unpaired) electrons. The van der Waals surface area contributed by atoms with Crippen LogP contribution in [0.3, 0.4) is 0 Å². The zero-order valence-corrected chi connectivity index (χ0v) is 20.2. The van der Waals surface area contributed by atoms with Crippen LogP contribution >= 0.6 is 0 Å². The van der Waals surface area contributed by atoms with E-state index in [1.165, 1.54) is 13.4 Å². The Labute approximate surface area is 208 Å². The zero-order valence-electron chi connectivity index (χ0n) is 20.2. The molecule has 2 fully saturated rings. The van der Waals surface area contributed by atoms with Crippen molar-refractivity contribution in [1.29, 1.82) is 0 Å². The minimum Gasteiger partial charge on any atom is -0.427 e. The van der Waals surface area contributed by atoms with Crippen molar-refractivity contribution in [2.45, 2.75) is 50.8 Å². The Morgan fingerprint density at radius 3 is 2.69 bits per heavy atom. The van der Waals surface area contributed by atoms with E-state index in [-0.39, 0.29) is 24.4 Å². The molecule has 1 aliphatic heterocycles. The number of carbonyl (C=O) groups excluding carboxylic acids is 4. The van der Waals surface area contributed by atoms with Crippen LogP contribution in [0.5, 0.6) is 0 Å². The molecule has 2 heterocycles. The number of imide groups is 1. The van der Waals surface area contributed by atoms with E-state index in [2.05, 4.69) is 20.6 Å². The predicted molar refractivity (Wildman–Crippen MR) is 127 cm³/mol. The molecule has 2 aromatic rings. The number of aryl methyl sites for hydroxylation is 1. The highest BCUT2D eigenvalue weighted by atomic mass is 16.6. The Bertz CT molecular complexity index is 1220. The molecule has 188 valence electrons. The van der Waals surface area contributed by atoms with Crippen LogP contribution in [0.25, 0.3) is 0 Å². The molecule has 2 aliphatic carbocycles. The summed E-state index contributed by atoms with van der Waals surface area (Å²) in [5, 5.41) is 5.19. The lowest BCUT2D eigenvalue weighted by molar-refractivity contribution is -0.143. The van der Waals surface area contributed by atoms with Crippen molar-refractivity contribution in [2.24, 2.45) is 5.92 Å². The molecule has 1 saturated heterocycles. The molecule has 5 rings (SSSR count). The minimum atomic E-state index is -1.45. The first-order chi connectivity index (χ1) is 17.3. The smallest absolute Gasteiger partial charge is 0.418 e. The summed E-state index contributed by atoms with van der Waals surface area (Å²) in [5.41, 5.74) is 1.30. The average Bonchev–Trinajstić information content (AvgIpc) is 3.63. The Morgan fingerprint density at radius 1 is 1.25 bits per heavy atom. The maximum absolute atomic E-state index is 13.6. The van der Waals surface area contributed by atoms with Gasteiger partial charge in [-0.1, -0.05) is 6.07 Å². The second-order valence-corrected chi connectivity index (χ2v) is 9.51. The molecule has 2 N–H and O–H groups in total. The van der Waals surface area contributed by atoms with Gasteiger partial charge in [0.15, 0.2) is 0 Å². The Hall–Kier alpha value is -4.02. The number of nitrogens with one attached hydrogen (secondary N) is 2. The van der Waals surface area contributed by atoms with Gasteiger partial charge in [0.05, 0.1) is 0 Å². The van der Waals surface area contributed by atoms with Gasteiger partial charge in [-0.2, -0.15) is 0 Å². The van der Waals surface area contributed by atoms with Crippen molar-refractivity contribution in [3.63, 3.8) is 0 Å². The number of benzene rings is 1. The summed E-state index contributed by atoms with van der Waals surface area (Å²) in [6.45, 7) is 1.89. The van der Waals surface area contributed by atoms with Crippen LogP contribution in [-0.4, -0.2) is 63.3 Å². The van der Waals surface area contributed by atoms with E-state index >= 15 is 0 Å². The number of amides is 5. The second-order valence-electron chi connectivity index (χ2n) is 9.51. The first-order valence-electron chi connectivity index (χ1n) is 12.0. The van der Waals surface area contributed by atoms with Gasteiger partial charge in [0.1, 0.15) is 12.9 Å². The summed E-state index contributed by atoms with van der Waals surface area (Å²) in [6, 6.07) is 4.73. The molecular weight excluding hydrogens is 464 g/mol. The van der Waals surface area contributed by atoms with E-state index in [4.69, 9.17) is 4.74 Å².